The number of rotatable bonds is 6. The molecular weight excluding hydrogens is 501 g/mol. The summed E-state index contributed by atoms with van der Waals surface area (Å²) in [5.74, 6) is -0.955. The second-order valence-corrected chi connectivity index (χ2v) is 9.96. The van der Waals surface area contributed by atoms with Crippen LogP contribution in [0.4, 0.5) is 8.78 Å². The summed E-state index contributed by atoms with van der Waals surface area (Å²) in [7, 11) is 1.56. The van der Waals surface area contributed by atoms with E-state index in [0.29, 0.717) is 29.1 Å². The number of halogens is 2. The fraction of sp³-hybridized carbons (Fsp3) is 0.379. The van der Waals surface area contributed by atoms with Crippen molar-refractivity contribution in [2.75, 3.05) is 7.11 Å². The number of carbonyl (C=O) groups is 1. The van der Waals surface area contributed by atoms with Crippen molar-refractivity contribution in [1.82, 2.24) is 19.5 Å². The number of benzene rings is 1. The normalized spacial score (nSPS) is 13.7. The highest BCUT2D eigenvalue weighted by molar-refractivity contribution is 6.72. The van der Waals surface area contributed by atoms with E-state index in [1.54, 1.807) is 39.3 Å². The topological polar surface area (TPSA) is 89.9 Å². The van der Waals surface area contributed by atoms with E-state index in [2.05, 4.69) is 15.0 Å². The van der Waals surface area contributed by atoms with Crippen LogP contribution in [-0.4, -0.2) is 39.1 Å². The Morgan fingerprint density at radius 1 is 1.21 bits per heavy atom. The molecule has 0 atom stereocenters. The van der Waals surface area contributed by atoms with Gasteiger partial charge >= 0.3 is 5.69 Å². The lowest BCUT2D eigenvalue weighted by Gasteiger charge is -2.27. The highest BCUT2D eigenvalue weighted by atomic mass is 19.2. The van der Waals surface area contributed by atoms with Crippen molar-refractivity contribution >= 4 is 29.3 Å². The number of aromatic nitrogens is 4. The first-order valence-corrected chi connectivity index (χ1v) is 13.3. The number of aromatic amines is 1. The molecule has 7 nitrogen and oxygen atoms in total. The van der Waals surface area contributed by atoms with Crippen molar-refractivity contribution in [3.05, 3.63) is 81.4 Å². The lowest BCUT2D eigenvalue weighted by molar-refractivity contribution is 0.101. The molecule has 0 unspecified atom stereocenters. The van der Waals surface area contributed by atoms with Gasteiger partial charge < -0.3 is 4.74 Å². The first kappa shape index (κ1) is 28.2. The Kier molecular flexibility index (Phi) is 8.94. The summed E-state index contributed by atoms with van der Waals surface area (Å²) >= 11 is 0. The standard InChI is InChI=1S/C19H21BN4O3.C10H12F2/c1-12(25)13-10-16(22-17(11-13)27-2)20-7-5-14(6-8-20)24-15-4-3-9-21-18(15)23-19(24)26;1-3-4-8-7(2)5-6-9(11)10(8)12/h3-4,9-11,14H,5-8H2,1-2H3,(H,21,23,26);5-6H,3-4H2,1-2H3. The number of methoxy groups -OCH3 is 1. The fourth-order valence-corrected chi connectivity index (χ4v) is 5.24. The van der Waals surface area contributed by atoms with E-state index >= 15 is 0 Å². The maximum absolute atomic E-state index is 13.1. The van der Waals surface area contributed by atoms with E-state index in [1.165, 1.54) is 6.07 Å². The summed E-state index contributed by atoms with van der Waals surface area (Å²) in [6.07, 6.45) is 6.68. The van der Waals surface area contributed by atoms with Crippen molar-refractivity contribution in [1.29, 1.82) is 0 Å². The van der Waals surface area contributed by atoms with Gasteiger partial charge in [0, 0.05) is 29.5 Å². The number of Topliss-reactive ketones (excluding diaryl/α,β-unsaturated/α-hetero) is 1. The molecule has 1 aliphatic rings. The lowest BCUT2D eigenvalue weighted by atomic mass is 9.39. The van der Waals surface area contributed by atoms with E-state index in [1.807, 2.05) is 29.7 Å². The number of aryl methyl sites for hydroxylation is 1. The molecule has 0 bridgehead atoms. The first-order chi connectivity index (χ1) is 18.7. The van der Waals surface area contributed by atoms with Crippen molar-refractivity contribution in [3.63, 3.8) is 0 Å². The third-order valence-electron chi connectivity index (χ3n) is 7.34. The average Bonchev–Trinajstić information content (AvgIpc) is 3.29. The molecule has 204 valence electrons. The molecule has 0 amide bonds. The molecule has 0 spiro atoms. The number of pyridine rings is 2. The largest absolute Gasteiger partial charge is 0.481 e. The van der Waals surface area contributed by atoms with Crippen molar-refractivity contribution in [2.24, 2.45) is 0 Å². The summed E-state index contributed by atoms with van der Waals surface area (Å²) in [6.45, 7) is 5.55. The van der Waals surface area contributed by atoms with Gasteiger partial charge in [-0.25, -0.2) is 23.5 Å². The molecule has 1 aliphatic heterocycles. The Bertz CT molecular complexity index is 1530. The molecule has 4 heterocycles. The lowest BCUT2D eigenvalue weighted by Crippen LogP contribution is -2.38. The van der Waals surface area contributed by atoms with E-state index in [9.17, 15) is 18.4 Å². The number of nitrogens with one attached hydrogen (secondary N) is 1. The van der Waals surface area contributed by atoms with E-state index in [0.717, 1.165) is 48.6 Å². The van der Waals surface area contributed by atoms with Gasteiger partial charge in [-0.3, -0.25) is 14.3 Å². The van der Waals surface area contributed by atoms with Crippen molar-refractivity contribution in [2.45, 2.75) is 65.1 Å². The van der Waals surface area contributed by atoms with Crippen LogP contribution >= 0.6 is 0 Å². The Labute approximate surface area is 226 Å². The van der Waals surface area contributed by atoms with Gasteiger partial charge in [-0.15, -0.1) is 0 Å². The van der Waals surface area contributed by atoms with Crippen LogP contribution in [0.1, 0.15) is 60.6 Å². The zero-order chi connectivity index (χ0) is 28.1. The number of ether oxygens (including phenoxy) is 1. The third-order valence-corrected chi connectivity index (χ3v) is 7.34. The SMILES string of the molecule is CCCc1c(C)ccc(F)c1F.COc1cc(C(C)=O)cc(B2CCC(n3c(=O)[nH]c4ncccc43)CC2)n1. The second-order valence-electron chi connectivity index (χ2n) is 9.96. The number of hydrogen-bond acceptors (Lipinski definition) is 5. The molecule has 1 fully saturated rings. The molecule has 1 saturated heterocycles. The molecular formula is C29H33BF2N4O3. The van der Waals surface area contributed by atoms with Crippen LogP contribution in [0.5, 0.6) is 5.88 Å². The van der Waals surface area contributed by atoms with Gasteiger partial charge in [-0.1, -0.05) is 32.1 Å². The summed E-state index contributed by atoms with van der Waals surface area (Å²) in [6, 6.07) is 10.3. The smallest absolute Gasteiger partial charge is 0.327 e. The average molecular weight is 534 g/mol. The predicted octanol–water partition coefficient (Wildman–Crippen LogP) is 5.29. The van der Waals surface area contributed by atoms with Gasteiger partial charge in [0.1, 0.15) is 0 Å². The number of carbonyl (C=O) groups excluding carboxylic acids is 1. The van der Waals surface area contributed by atoms with E-state index < -0.39 is 11.6 Å². The van der Waals surface area contributed by atoms with E-state index in [-0.39, 0.29) is 24.2 Å². The fourth-order valence-electron chi connectivity index (χ4n) is 5.24. The quantitative estimate of drug-likeness (QED) is 0.268. The molecule has 39 heavy (non-hydrogen) atoms. The van der Waals surface area contributed by atoms with Gasteiger partial charge in [0.2, 0.25) is 12.6 Å². The maximum Gasteiger partial charge on any atom is 0.327 e. The second kappa shape index (κ2) is 12.4. The van der Waals surface area contributed by atoms with Crippen LogP contribution in [0.15, 0.2) is 47.4 Å². The molecule has 3 aromatic heterocycles. The number of ketones is 1. The van der Waals surface area contributed by atoms with E-state index in [4.69, 9.17) is 4.74 Å². The summed E-state index contributed by atoms with van der Waals surface area (Å²) < 4.78 is 32.9. The van der Waals surface area contributed by atoms with Crippen molar-refractivity contribution < 1.29 is 18.3 Å². The molecule has 0 radical (unpaired) electrons. The zero-order valence-corrected chi connectivity index (χ0v) is 22.8. The van der Waals surface area contributed by atoms with Crippen molar-refractivity contribution in [3.8, 4) is 5.88 Å². The summed E-state index contributed by atoms with van der Waals surface area (Å²) in [5, 5.41) is 0. The van der Waals surface area contributed by atoms with Crippen LogP contribution in [0.2, 0.25) is 12.6 Å². The number of imidazole rings is 1. The number of H-pyrrole nitrogens is 1. The number of fused-ring (bicyclic) bond motifs is 1. The molecule has 1 N–H and O–H groups in total. The molecule has 0 saturated carbocycles. The minimum atomic E-state index is -0.746. The highest BCUT2D eigenvalue weighted by Crippen LogP contribution is 2.30. The van der Waals surface area contributed by atoms with Gasteiger partial charge in [-0.2, -0.15) is 0 Å². The maximum atomic E-state index is 13.1. The summed E-state index contributed by atoms with van der Waals surface area (Å²) in [4.78, 5) is 35.8. The van der Waals surface area contributed by atoms with Gasteiger partial charge in [0.15, 0.2) is 23.1 Å². The minimum absolute atomic E-state index is 0.00322. The van der Waals surface area contributed by atoms with Crippen LogP contribution in [-0.2, 0) is 6.42 Å². The van der Waals surface area contributed by atoms with Gasteiger partial charge in [0.05, 0.1) is 12.6 Å². The van der Waals surface area contributed by atoms with Gasteiger partial charge in [-0.05, 0) is 68.5 Å². The minimum Gasteiger partial charge on any atom is -0.481 e. The van der Waals surface area contributed by atoms with Crippen LogP contribution < -0.4 is 16.0 Å². The molecule has 10 heteroatoms. The molecule has 4 aromatic rings. The van der Waals surface area contributed by atoms with Gasteiger partial charge in [0.25, 0.3) is 0 Å². The van der Waals surface area contributed by atoms with Crippen LogP contribution in [0.3, 0.4) is 0 Å². The zero-order valence-electron chi connectivity index (χ0n) is 22.8. The Morgan fingerprint density at radius 2 is 1.95 bits per heavy atom. The molecule has 0 aliphatic carbocycles. The summed E-state index contributed by atoms with van der Waals surface area (Å²) in [5.41, 5.74) is 4.23. The highest BCUT2D eigenvalue weighted by Gasteiger charge is 2.30. The van der Waals surface area contributed by atoms with Crippen LogP contribution in [0, 0.1) is 18.6 Å². The monoisotopic (exact) mass is 534 g/mol. The Balaban J connectivity index is 0.000000247. The molecule has 5 rings (SSSR count). The predicted molar refractivity (Wildman–Crippen MR) is 150 cm³/mol. The molecule has 1 aromatic carbocycles. The first-order valence-electron chi connectivity index (χ1n) is 13.3. The third kappa shape index (κ3) is 6.26. The number of nitrogens with zero attached hydrogens (tertiary/aromatic N) is 3. The Morgan fingerprint density at radius 3 is 2.62 bits per heavy atom. The number of hydrogen-bond donors (Lipinski definition) is 1. The Hall–Kier alpha value is -3.82. The van der Waals surface area contributed by atoms with Crippen LogP contribution in [0.25, 0.3) is 11.2 Å².